The molecule has 0 unspecified atom stereocenters. The first kappa shape index (κ1) is 15.0. The van der Waals surface area contributed by atoms with Crippen LogP contribution in [-0.4, -0.2) is 17.2 Å². The fraction of sp³-hybridized carbons (Fsp3) is 0.500. The topological polar surface area (TPSA) is 58.3 Å². The number of benzene rings is 1. The Morgan fingerprint density at radius 1 is 1.29 bits per heavy atom. The van der Waals surface area contributed by atoms with Gasteiger partial charge < -0.3 is 16.2 Å². The van der Waals surface area contributed by atoms with Crippen LogP contribution in [0.3, 0.4) is 0 Å². The molecule has 0 bridgehead atoms. The van der Waals surface area contributed by atoms with Crippen molar-refractivity contribution in [3.05, 3.63) is 26.6 Å². The summed E-state index contributed by atoms with van der Waals surface area (Å²) in [4.78, 5) is 0. The molecule has 0 radical (unpaired) electrons. The summed E-state index contributed by atoms with van der Waals surface area (Å²) in [6.45, 7) is 6.70. The van der Waals surface area contributed by atoms with Crippen molar-refractivity contribution in [2.75, 3.05) is 12.3 Å². The van der Waals surface area contributed by atoms with Gasteiger partial charge in [0.2, 0.25) is 0 Å². The Morgan fingerprint density at radius 3 is 2.18 bits per heavy atom. The van der Waals surface area contributed by atoms with Gasteiger partial charge >= 0.3 is 0 Å². The molecule has 4 N–H and O–H groups in total. The molecule has 1 rings (SSSR count). The largest absolute Gasteiger partial charge is 0.397 e. The van der Waals surface area contributed by atoms with Crippen molar-refractivity contribution in [3.8, 4) is 0 Å². The third kappa shape index (κ3) is 4.58. The van der Waals surface area contributed by atoms with Crippen LogP contribution in [0.2, 0.25) is 0 Å². The molecule has 0 saturated heterocycles. The lowest BCUT2D eigenvalue weighted by Crippen LogP contribution is -2.38. The third-order valence-corrected chi connectivity index (χ3v) is 3.62. The molecule has 0 fully saturated rings. The van der Waals surface area contributed by atoms with Crippen LogP contribution >= 0.6 is 31.9 Å². The first-order valence-corrected chi connectivity index (χ1v) is 6.97. The van der Waals surface area contributed by atoms with E-state index in [1.807, 2.05) is 12.1 Å². The van der Waals surface area contributed by atoms with Crippen LogP contribution in [0.4, 0.5) is 5.69 Å². The molecule has 0 aliphatic heterocycles. The summed E-state index contributed by atoms with van der Waals surface area (Å²) >= 11 is 6.74. The Morgan fingerprint density at radius 2 is 1.76 bits per heavy atom. The van der Waals surface area contributed by atoms with E-state index in [1.165, 1.54) is 0 Å². The maximum atomic E-state index is 10.1. The molecular weight excluding hydrogens is 348 g/mol. The molecular formula is C12H18Br2N2O. The molecule has 5 heteroatoms. The summed E-state index contributed by atoms with van der Waals surface area (Å²) in [5.74, 6) is 0. The standard InChI is InChI=1S/C12H18Br2N2O/c1-12(2,3)16-6-10(17)7-4-8(13)11(15)9(14)5-7/h4-5,10,16-17H,6,15H2,1-3H3/t10-/m0/s1. The van der Waals surface area contributed by atoms with Crippen molar-refractivity contribution < 1.29 is 5.11 Å². The van der Waals surface area contributed by atoms with Crippen LogP contribution < -0.4 is 11.1 Å². The molecule has 1 aromatic rings. The van der Waals surface area contributed by atoms with E-state index in [0.717, 1.165) is 14.5 Å². The van der Waals surface area contributed by atoms with Crippen LogP contribution in [0.5, 0.6) is 0 Å². The lowest BCUT2D eigenvalue weighted by atomic mass is 10.1. The fourth-order valence-electron chi connectivity index (χ4n) is 1.32. The first-order chi connectivity index (χ1) is 7.70. The van der Waals surface area contributed by atoms with E-state index < -0.39 is 6.10 Å². The summed E-state index contributed by atoms with van der Waals surface area (Å²) < 4.78 is 1.58. The normalized spacial score (nSPS) is 13.8. The van der Waals surface area contributed by atoms with Gasteiger partial charge in [-0.05, 0) is 70.3 Å². The van der Waals surface area contributed by atoms with E-state index in [4.69, 9.17) is 5.73 Å². The number of rotatable bonds is 3. The minimum absolute atomic E-state index is 0.0107. The summed E-state index contributed by atoms with van der Waals surface area (Å²) in [6.07, 6.45) is -0.553. The highest BCUT2D eigenvalue weighted by Crippen LogP contribution is 2.31. The van der Waals surface area contributed by atoms with Crippen molar-refractivity contribution in [2.45, 2.75) is 32.4 Å². The molecule has 0 heterocycles. The van der Waals surface area contributed by atoms with Crippen molar-refractivity contribution in [3.63, 3.8) is 0 Å². The number of hydrogen-bond acceptors (Lipinski definition) is 3. The number of nitrogens with two attached hydrogens (primary N) is 1. The molecule has 3 nitrogen and oxygen atoms in total. The fourth-order valence-corrected chi connectivity index (χ4v) is 2.54. The monoisotopic (exact) mass is 364 g/mol. The Balaban J connectivity index is 2.79. The van der Waals surface area contributed by atoms with Gasteiger partial charge in [-0.15, -0.1) is 0 Å². The number of nitrogen functional groups attached to an aromatic ring is 1. The molecule has 0 aliphatic rings. The second-order valence-electron chi connectivity index (χ2n) is 5.04. The number of aliphatic hydroxyl groups is 1. The second-order valence-corrected chi connectivity index (χ2v) is 6.75. The molecule has 0 amide bonds. The van der Waals surface area contributed by atoms with E-state index in [0.29, 0.717) is 12.2 Å². The number of anilines is 1. The minimum Gasteiger partial charge on any atom is -0.397 e. The third-order valence-electron chi connectivity index (χ3n) is 2.31. The van der Waals surface area contributed by atoms with Crippen LogP contribution in [0, 0.1) is 0 Å². The maximum Gasteiger partial charge on any atom is 0.0915 e. The molecule has 0 aliphatic carbocycles. The highest BCUT2D eigenvalue weighted by atomic mass is 79.9. The van der Waals surface area contributed by atoms with Crippen LogP contribution in [0.25, 0.3) is 0 Å². The lowest BCUT2D eigenvalue weighted by molar-refractivity contribution is 0.163. The van der Waals surface area contributed by atoms with Crippen LogP contribution in [0.1, 0.15) is 32.4 Å². The minimum atomic E-state index is -0.553. The lowest BCUT2D eigenvalue weighted by Gasteiger charge is -2.23. The van der Waals surface area contributed by atoms with Gasteiger partial charge in [0.1, 0.15) is 0 Å². The zero-order chi connectivity index (χ0) is 13.2. The highest BCUT2D eigenvalue weighted by Gasteiger charge is 2.15. The van der Waals surface area contributed by atoms with Gasteiger partial charge in [0, 0.05) is 21.0 Å². The average molecular weight is 366 g/mol. The van der Waals surface area contributed by atoms with Gasteiger partial charge in [-0.25, -0.2) is 0 Å². The number of nitrogens with one attached hydrogen (secondary N) is 1. The van der Waals surface area contributed by atoms with E-state index in [-0.39, 0.29) is 5.54 Å². The molecule has 96 valence electrons. The summed E-state index contributed by atoms with van der Waals surface area (Å²) in [5, 5.41) is 13.3. The zero-order valence-electron chi connectivity index (χ0n) is 10.2. The van der Waals surface area contributed by atoms with Crippen molar-refractivity contribution in [1.82, 2.24) is 5.32 Å². The van der Waals surface area contributed by atoms with Crippen LogP contribution in [-0.2, 0) is 0 Å². The summed E-state index contributed by atoms with van der Waals surface area (Å²) in [5.41, 5.74) is 7.26. The number of hydrogen-bond donors (Lipinski definition) is 3. The van der Waals surface area contributed by atoms with Gasteiger partial charge in [0.15, 0.2) is 0 Å². The molecule has 0 spiro atoms. The Bertz CT molecular complexity index is 379. The second kappa shape index (κ2) is 5.69. The van der Waals surface area contributed by atoms with Gasteiger partial charge in [-0.2, -0.15) is 0 Å². The number of aliphatic hydroxyl groups excluding tert-OH is 1. The van der Waals surface area contributed by atoms with Crippen molar-refractivity contribution >= 4 is 37.5 Å². The predicted octanol–water partition coefficient (Wildman–Crippen LogP) is 3.22. The quantitative estimate of drug-likeness (QED) is 0.721. The van der Waals surface area contributed by atoms with Crippen molar-refractivity contribution in [2.24, 2.45) is 0 Å². The summed E-state index contributed by atoms with van der Waals surface area (Å²) in [7, 11) is 0. The molecule has 0 aromatic heterocycles. The Hall–Kier alpha value is -0.100. The predicted molar refractivity (Wildman–Crippen MR) is 79.0 cm³/mol. The van der Waals surface area contributed by atoms with Crippen molar-refractivity contribution in [1.29, 1.82) is 0 Å². The van der Waals surface area contributed by atoms with Gasteiger partial charge in [-0.1, -0.05) is 0 Å². The average Bonchev–Trinajstić information content (AvgIpc) is 2.20. The smallest absolute Gasteiger partial charge is 0.0915 e. The SMILES string of the molecule is CC(C)(C)NC[C@H](O)c1cc(Br)c(N)c(Br)c1. The van der Waals surface area contributed by atoms with E-state index in [2.05, 4.69) is 57.9 Å². The summed E-state index contributed by atoms with van der Waals surface area (Å²) in [6, 6.07) is 3.68. The van der Waals surface area contributed by atoms with Gasteiger partial charge in [0.05, 0.1) is 11.8 Å². The Labute approximate surface area is 119 Å². The van der Waals surface area contributed by atoms with Gasteiger partial charge in [0.25, 0.3) is 0 Å². The van der Waals surface area contributed by atoms with Crippen LogP contribution in [0.15, 0.2) is 21.1 Å². The molecule has 1 aromatic carbocycles. The highest BCUT2D eigenvalue weighted by molar-refractivity contribution is 9.11. The maximum absolute atomic E-state index is 10.1. The Kier molecular flexibility index (Phi) is 5.01. The first-order valence-electron chi connectivity index (χ1n) is 5.38. The van der Waals surface area contributed by atoms with Gasteiger partial charge in [-0.3, -0.25) is 0 Å². The zero-order valence-corrected chi connectivity index (χ0v) is 13.4. The van der Waals surface area contributed by atoms with E-state index in [1.54, 1.807) is 0 Å². The molecule has 1 atom stereocenters. The van der Waals surface area contributed by atoms with E-state index in [9.17, 15) is 5.11 Å². The molecule has 0 saturated carbocycles. The number of β-amino-alcohol motifs (C(OH)–C–C–N with tert-alkyl or cyclic N) is 1. The molecule has 17 heavy (non-hydrogen) atoms. The van der Waals surface area contributed by atoms with E-state index >= 15 is 0 Å². The number of halogens is 2.